The number of rotatable bonds is 6. The molecule has 0 radical (unpaired) electrons. The molecule has 0 saturated heterocycles. The van der Waals surface area contributed by atoms with Crippen molar-refractivity contribution in [1.82, 2.24) is 0 Å². The van der Waals surface area contributed by atoms with E-state index in [9.17, 15) is 8.42 Å². The number of aryl methyl sites for hydroxylation is 1. The van der Waals surface area contributed by atoms with Crippen molar-refractivity contribution < 1.29 is 44.0 Å². The molecule has 0 aliphatic carbocycles. The van der Waals surface area contributed by atoms with Crippen molar-refractivity contribution in [3.8, 4) is 0 Å². The Labute approximate surface area is 133 Å². The number of hydrogen-bond acceptors (Lipinski definition) is 3. The van der Waals surface area contributed by atoms with Gasteiger partial charge in [0.2, 0.25) is 0 Å². The minimum atomic E-state index is -3.85. The number of anilines is 1. The zero-order valence-electron chi connectivity index (χ0n) is 12.3. The number of hydrogen-bond donors (Lipinski definition) is 1. The standard InChI is InChI=1S/C12H19NO3S.Na.H/c1-3-13(8-5-9-17(14,15)16)12-7-4-6-11(2)10-12;;/h4,6-7,10H,3,5,8-9H2,1-2H3,(H,14,15,16);;/q;+1;-1. The summed E-state index contributed by atoms with van der Waals surface area (Å²) in [4.78, 5) is 2.10. The molecule has 1 N–H and O–H groups in total. The molecule has 0 aliphatic heterocycles. The first-order chi connectivity index (χ1) is 7.92. The van der Waals surface area contributed by atoms with Gasteiger partial charge in [-0.25, -0.2) is 0 Å². The van der Waals surface area contributed by atoms with Gasteiger partial charge in [0, 0.05) is 18.8 Å². The third-order valence-electron chi connectivity index (χ3n) is 2.58. The minimum Gasteiger partial charge on any atom is -1.00 e. The maximum Gasteiger partial charge on any atom is 1.00 e. The molecule has 1 rings (SSSR count). The van der Waals surface area contributed by atoms with Crippen LogP contribution < -0.4 is 34.5 Å². The Morgan fingerprint density at radius 3 is 2.56 bits per heavy atom. The third kappa shape index (κ3) is 6.75. The smallest absolute Gasteiger partial charge is 1.00 e. The van der Waals surface area contributed by atoms with Gasteiger partial charge in [-0.2, -0.15) is 8.42 Å². The molecule has 0 fully saturated rings. The van der Waals surface area contributed by atoms with E-state index in [1.807, 2.05) is 32.0 Å². The van der Waals surface area contributed by atoms with Crippen LogP contribution in [0.2, 0.25) is 0 Å². The molecule has 0 amide bonds. The predicted octanol–water partition coefficient (Wildman–Crippen LogP) is -0.784. The summed E-state index contributed by atoms with van der Waals surface area (Å²) >= 11 is 0. The largest absolute Gasteiger partial charge is 1.00 e. The first kappa shape index (κ1) is 17.9. The Bertz CT molecular complexity index is 468. The molecule has 18 heavy (non-hydrogen) atoms. The van der Waals surface area contributed by atoms with Crippen LogP contribution in [0.15, 0.2) is 24.3 Å². The van der Waals surface area contributed by atoms with Gasteiger partial charge in [0.25, 0.3) is 10.1 Å². The van der Waals surface area contributed by atoms with Crippen LogP contribution in [0.25, 0.3) is 0 Å². The molecular formula is C12H20NNaO3S. The van der Waals surface area contributed by atoms with Crippen LogP contribution in [-0.4, -0.2) is 31.8 Å². The molecule has 0 aliphatic rings. The molecule has 4 nitrogen and oxygen atoms in total. The van der Waals surface area contributed by atoms with Crippen LogP contribution in [0.5, 0.6) is 0 Å². The zero-order valence-corrected chi connectivity index (χ0v) is 14.1. The Morgan fingerprint density at radius 1 is 1.39 bits per heavy atom. The van der Waals surface area contributed by atoms with Gasteiger partial charge in [0.1, 0.15) is 0 Å². The predicted molar refractivity (Wildman–Crippen MR) is 71.2 cm³/mol. The van der Waals surface area contributed by atoms with Crippen molar-refractivity contribution in [1.29, 1.82) is 0 Å². The van der Waals surface area contributed by atoms with Gasteiger partial charge in [0.05, 0.1) is 5.75 Å². The first-order valence-electron chi connectivity index (χ1n) is 5.69. The van der Waals surface area contributed by atoms with Gasteiger partial charge in [-0.05, 0) is 38.0 Å². The number of benzene rings is 1. The molecule has 1 aromatic rings. The summed E-state index contributed by atoms with van der Waals surface area (Å²) in [6, 6.07) is 8.08. The molecule has 98 valence electrons. The van der Waals surface area contributed by atoms with E-state index in [4.69, 9.17) is 4.55 Å². The van der Waals surface area contributed by atoms with Gasteiger partial charge in [-0.15, -0.1) is 0 Å². The second-order valence-corrected chi connectivity index (χ2v) is 5.63. The van der Waals surface area contributed by atoms with E-state index < -0.39 is 10.1 Å². The fourth-order valence-electron chi connectivity index (χ4n) is 1.73. The van der Waals surface area contributed by atoms with Crippen molar-refractivity contribution in [2.24, 2.45) is 0 Å². The van der Waals surface area contributed by atoms with E-state index in [0.717, 1.165) is 12.2 Å². The van der Waals surface area contributed by atoms with Crippen molar-refractivity contribution >= 4 is 15.8 Å². The SMILES string of the molecule is CCN(CCCS(=O)(=O)O)c1cccc(C)c1.[H-].[Na+]. The topological polar surface area (TPSA) is 57.6 Å². The molecule has 6 heteroatoms. The van der Waals surface area contributed by atoms with E-state index in [2.05, 4.69) is 11.0 Å². The van der Waals surface area contributed by atoms with Crippen molar-refractivity contribution in [2.75, 3.05) is 23.7 Å². The van der Waals surface area contributed by atoms with Gasteiger partial charge in [-0.3, -0.25) is 4.55 Å². The zero-order chi connectivity index (χ0) is 12.9. The maximum absolute atomic E-state index is 10.6. The maximum atomic E-state index is 10.6. The Hall–Kier alpha value is -0.0700. The minimum absolute atomic E-state index is 0. The van der Waals surface area contributed by atoms with Crippen LogP contribution >= 0.6 is 0 Å². The molecule has 0 unspecified atom stereocenters. The van der Waals surface area contributed by atoms with Crippen molar-refractivity contribution in [2.45, 2.75) is 20.3 Å². The van der Waals surface area contributed by atoms with E-state index in [-0.39, 0.29) is 36.7 Å². The fraction of sp³-hybridized carbons (Fsp3) is 0.500. The van der Waals surface area contributed by atoms with E-state index >= 15 is 0 Å². The van der Waals surface area contributed by atoms with Crippen LogP contribution in [0, 0.1) is 6.92 Å². The third-order valence-corrected chi connectivity index (χ3v) is 3.38. The van der Waals surface area contributed by atoms with Gasteiger partial charge in [-0.1, -0.05) is 12.1 Å². The van der Waals surface area contributed by atoms with Crippen LogP contribution in [0.4, 0.5) is 5.69 Å². The van der Waals surface area contributed by atoms with E-state index in [0.29, 0.717) is 13.0 Å². The Kier molecular flexibility index (Phi) is 8.14. The Balaban J connectivity index is 0. The average molecular weight is 281 g/mol. The summed E-state index contributed by atoms with van der Waals surface area (Å²) < 4.78 is 29.9. The van der Waals surface area contributed by atoms with Crippen LogP contribution in [0.1, 0.15) is 20.3 Å². The molecular weight excluding hydrogens is 261 g/mol. The quantitative estimate of drug-likeness (QED) is 0.549. The van der Waals surface area contributed by atoms with E-state index in [1.165, 1.54) is 5.56 Å². The van der Waals surface area contributed by atoms with E-state index in [1.54, 1.807) is 0 Å². The first-order valence-corrected chi connectivity index (χ1v) is 7.30. The van der Waals surface area contributed by atoms with Gasteiger partial charge in [0.15, 0.2) is 0 Å². The second-order valence-electron chi connectivity index (χ2n) is 4.06. The normalized spacial score (nSPS) is 10.8. The summed E-state index contributed by atoms with van der Waals surface area (Å²) in [6.45, 7) is 5.49. The monoisotopic (exact) mass is 281 g/mol. The van der Waals surface area contributed by atoms with Crippen LogP contribution in [-0.2, 0) is 10.1 Å². The number of nitrogens with zero attached hydrogens (tertiary/aromatic N) is 1. The molecule has 0 atom stereocenters. The summed E-state index contributed by atoms with van der Waals surface area (Å²) in [5, 5.41) is 0. The molecule has 1 aromatic carbocycles. The summed E-state index contributed by atoms with van der Waals surface area (Å²) in [6.07, 6.45) is 0.431. The van der Waals surface area contributed by atoms with Gasteiger partial charge >= 0.3 is 29.6 Å². The van der Waals surface area contributed by atoms with Crippen molar-refractivity contribution in [3.05, 3.63) is 29.8 Å². The summed E-state index contributed by atoms with van der Waals surface area (Å²) in [5.41, 5.74) is 2.26. The molecule has 0 bridgehead atoms. The fourth-order valence-corrected chi connectivity index (χ4v) is 2.23. The van der Waals surface area contributed by atoms with Crippen molar-refractivity contribution in [3.63, 3.8) is 0 Å². The molecule has 0 saturated carbocycles. The summed E-state index contributed by atoms with van der Waals surface area (Å²) in [5.74, 6) is -0.185. The van der Waals surface area contributed by atoms with Crippen LogP contribution in [0.3, 0.4) is 0 Å². The average Bonchev–Trinajstić information content (AvgIpc) is 2.23. The second kappa shape index (κ2) is 8.17. The molecule has 0 aromatic heterocycles. The van der Waals surface area contributed by atoms with Gasteiger partial charge < -0.3 is 6.33 Å². The Morgan fingerprint density at radius 2 is 2.06 bits per heavy atom. The molecule has 0 heterocycles. The summed E-state index contributed by atoms with van der Waals surface area (Å²) in [7, 11) is -3.85. The molecule has 0 spiro atoms.